The van der Waals surface area contributed by atoms with E-state index in [4.69, 9.17) is 0 Å². The van der Waals surface area contributed by atoms with Gasteiger partial charge in [-0.1, -0.05) is 39.8 Å². The summed E-state index contributed by atoms with van der Waals surface area (Å²) in [7, 11) is 0. The third-order valence-electron chi connectivity index (χ3n) is 3.06. The van der Waals surface area contributed by atoms with Crippen LogP contribution >= 0.6 is 22.7 Å². The van der Waals surface area contributed by atoms with E-state index in [-0.39, 0.29) is 5.95 Å². The maximum absolute atomic E-state index is 12.5. The molecule has 0 unspecified atom stereocenters. The minimum atomic E-state index is -0.284. The molecule has 0 amide bonds. The van der Waals surface area contributed by atoms with Crippen molar-refractivity contribution in [2.45, 2.75) is 34.6 Å². The van der Waals surface area contributed by atoms with E-state index in [1.165, 1.54) is 22.3 Å². The summed E-state index contributed by atoms with van der Waals surface area (Å²) in [6.45, 7) is 10.1. The van der Waals surface area contributed by atoms with Crippen LogP contribution in [0.25, 0.3) is 21.1 Å². The van der Waals surface area contributed by atoms with E-state index in [1.54, 1.807) is 28.7 Å². The van der Waals surface area contributed by atoms with Gasteiger partial charge in [-0.05, 0) is 54.1 Å². The second-order valence-corrected chi connectivity index (χ2v) is 6.62. The lowest BCUT2D eigenvalue weighted by atomic mass is 10.3. The Morgan fingerprint density at radius 2 is 1.19 bits per heavy atom. The molecule has 4 heterocycles. The van der Waals surface area contributed by atoms with Gasteiger partial charge in [0.2, 0.25) is 0 Å². The Hall–Kier alpha value is -2.11. The Morgan fingerprint density at radius 1 is 0.692 bits per heavy atom. The van der Waals surface area contributed by atoms with Gasteiger partial charge in [-0.3, -0.25) is 0 Å². The summed E-state index contributed by atoms with van der Waals surface area (Å²) in [4.78, 5) is 8.28. The molecule has 4 aromatic heterocycles. The summed E-state index contributed by atoms with van der Waals surface area (Å²) in [5.74, 6) is -0.284. The molecule has 0 aliphatic carbocycles. The monoisotopic (exact) mass is 390 g/mol. The van der Waals surface area contributed by atoms with E-state index < -0.39 is 0 Å². The maximum atomic E-state index is 12.5. The first-order valence-electron chi connectivity index (χ1n) is 8.80. The molecule has 5 heteroatoms. The lowest BCUT2D eigenvalue weighted by Crippen LogP contribution is -1.71. The Kier molecular flexibility index (Phi) is 10.4. The fourth-order valence-corrected chi connectivity index (χ4v) is 3.44. The van der Waals surface area contributed by atoms with Gasteiger partial charge >= 0.3 is 0 Å². The molecule has 0 aliphatic rings. The van der Waals surface area contributed by atoms with E-state index in [0.717, 1.165) is 10.6 Å². The van der Waals surface area contributed by atoms with Crippen LogP contribution in [0, 0.1) is 12.9 Å². The zero-order valence-electron chi connectivity index (χ0n) is 16.0. The number of aryl methyl sites for hydroxylation is 1. The quantitative estimate of drug-likeness (QED) is 0.347. The molecule has 0 atom stereocenters. The average Bonchev–Trinajstić information content (AvgIpc) is 3.46. The molecule has 0 aromatic carbocycles. The Morgan fingerprint density at radius 3 is 1.54 bits per heavy atom. The summed E-state index contributed by atoms with van der Waals surface area (Å²) < 4.78 is 12.5. The van der Waals surface area contributed by atoms with Crippen LogP contribution < -0.4 is 0 Å². The standard InChI is InChI=1S/C9H9NS.C8H6FNS.2C2H6/c1-7-4-5-8(10-7)9-3-2-6-11-9;9-8-4-3-6(10-8)7-2-1-5-11-7;2*1-2/h2-6,10H,1H3;1-5,10H;2*1-2H3. The van der Waals surface area contributed by atoms with Gasteiger partial charge in [0.25, 0.3) is 0 Å². The highest BCUT2D eigenvalue weighted by Crippen LogP contribution is 2.23. The number of hydrogen-bond donors (Lipinski definition) is 2. The van der Waals surface area contributed by atoms with Gasteiger partial charge in [0, 0.05) is 5.69 Å². The zero-order valence-corrected chi connectivity index (χ0v) is 17.6. The summed E-state index contributed by atoms with van der Waals surface area (Å²) in [6, 6.07) is 15.5. The summed E-state index contributed by atoms with van der Waals surface area (Å²) in [6.07, 6.45) is 0. The van der Waals surface area contributed by atoms with E-state index in [9.17, 15) is 4.39 Å². The number of H-pyrrole nitrogens is 2. The molecule has 0 bridgehead atoms. The second-order valence-electron chi connectivity index (χ2n) is 4.73. The van der Waals surface area contributed by atoms with Crippen molar-refractivity contribution >= 4 is 22.7 Å². The highest BCUT2D eigenvalue weighted by atomic mass is 32.1. The van der Waals surface area contributed by atoms with Gasteiger partial charge < -0.3 is 9.97 Å². The van der Waals surface area contributed by atoms with Crippen LogP contribution in [0.15, 0.2) is 59.3 Å². The van der Waals surface area contributed by atoms with Gasteiger partial charge in [-0.2, -0.15) is 4.39 Å². The fourth-order valence-electron chi connectivity index (χ4n) is 2.02. The van der Waals surface area contributed by atoms with Crippen molar-refractivity contribution in [3.05, 3.63) is 70.9 Å². The van der Waals surface area contributed by atoms with Crippen molar-refractivity contribution in [3.63, 3.8) is 0 Å². The van der Waals surface area contributed by atoms with Crippen LogP contribution in [0.2, 0.25) is 0 Å². The predicted octanol–water partition coefficient (Wildman–Crippen LogP) is 7.99. The summed E-state index contributed by atoms with van der Waals surface area (Å²) in [5, 5.41) is 4.06. The van der Waals surface area contributed by atoms with Gasteiger partial charge in [0.15, 0.2) is 5.95 Å². The molecule has 4 aromatic rings. The highest BCUT2D eigenvalue weighted by Gasteiger charge is 2.00. The fraction of sp³-hybridized carbons (Fsp3) is 0.238. The van der Waals surface area contributed by atoms with Crippen molar-refractivity contribution in [2.24, 2.45) is 0 Å². The molecular formula is C21H27FN2S2. The normalized spacial score (nSPS) is 9.15. The maximum Gasteiger partial charge on any atom is 0.191 e. The van der Waals surface area contributed by atoms with Crippen LogP contribution in [0.5, 0.6) is 0 Å². The predicted molar refractivity (Wildman–Crippen MR) is 116 cm³/mol. The van der Waals surface area contributed by atoms with Crippen LogP contribution in [0.1, 0.15) is 33.4 Å². The third-order valence-corrected chi connectivity index (χ3v) is 4.86. The Balaban J connectivity index is 0.000000219. The number of rotatable bonds is 2. The molecule has 0 saturated heterocycles. The van der Waals surface area contributed by atoms with Crippen LogP contribution in [0.3, 0.4) is 0 Å². The van der Waals surface area contributed by atoms with E-state index in [2.05, 4.69) is 46.5 Å². The molecule has 140 valence electrons. The van der Waals surface area contributed by atoms with Crippen molar-refractivity contribution in [2.75, 3.05) is 0 Å². The van der Waals surface area contributed by atoms with E-state index in [0.29, 0.717) is 0 Å². The molecular weight excluding hydrogens is 363 g/mol. The number of nitrogens with one attached hydrogen (secondary N) is 2. The smallest absolute Gasteiger partial charge is 0.191 e. The first-order chi connectivity index (χ1) is 12.7. The number of aromatic nitrogens is 2. The van der Waals surface area contributed by atoms with Gasteiger partial charge in [-0.15, -0.1) is 22.7 Å². The molecule has 0 fully saturated rings. The molecule has 2 N–H and O–H groups in total. The summed E-state index contributed by atoms with van der Waals surface area (Å²) >= 11 is 3.35. The molecule has 26 heavy (non-hydrogen) atoms. The largest absolute Gasteiger partial charge is 0.358 e. The molecule has 0 saturated carbocycles. The minimum Gasteiger partial charge on any atom is -0.358 e. The van der Waals surface area contributed by atoms with E-state index in [1.807, 2.05) is 45.2 Å². The average molecular weight is 391 g/mol. The number of aromatic amines is 2. The van der Waals surface area contributed by atoms with Crippen LogP contribution in [-0.2, 0) is 0 Å². The van der Waals surface area contributed by atoms with Crippen molar-refractivity contribution in [3.8, 4) is 21.1 Å². The topological polar surface area (TPSA) is 31.6 Å². The first kappa shape index (κ1) is 21.9. The number of thiophene rings is 2. The molecule has 2 nitrogen and oxygen atoms in total. The molecule has 0 radical (unpaired) electrons. The highest BCUT2D eigenvalue weighted by molar-refractivity contribution is 7.13. The van der Waals surface area contributed by atoms with Gasteiger partial charge in [0.1, 0.15) is 0 Å². The van der Waals surface area contributed by atoms with Crippen molar-refractivity contribution in [1.82, 2.24) is 9.97 Å². The zero-order chi connectivity index (χ0) is 19.4. The minimum absolute atomic E-state index is 0.284. The Labute approximate surface area is 163 Å². The lowest BCUT2D eigenvalue weighted by molar-refractivity contribution is 0.592. The van der Waals surface area contributed by atoms with Crippen molar-refractivity contribution < 1.29 is 4.39 Å². The van der Waals surface area contributed by atoms with Gasteiger partial charge in [0.05, 0.1) is 21.1 Å². The molecule has 0 spiro atoms. The van der Waals surface area contributed by atoms with Crippen LogP contribution in [0.4, 0.5) is 4.39 Å². The summed E-state index contributed by atoms with van der Waals surface area (Å²) in [5.41, 5.74) is 3.28. The Bertz CT molecular complexity index is 742. The van der Waals surface area contributed by atoms with Crippen molar-refractivity contribution in [1.29, 1.82) is 0 Å². The van der Waals surface area contributed by atoms with Crippen LogP contribution in [-0.4, -0.2) is 9.97 Å². The molecule has 4 rings (SSSR count). The lowest BCUT2D eigenvalue weighted by Gasteiger charge is -1.88. The van der Waals surface area contributed by atoms with E-state index >= 15 is 0 Å². The molecule has 0 aliphatic heterocycles. The number of hydrogen-bond acceptors (Lipinski definition) is 2. The third kappa shape index (κ3) is 6.65. The number of halogens is 1. The second kappa shape index (κ2) is 12.3. The van der Waals surface area contributed by atoms with Gasteiger partial charge in [-0.25, -0.2) is 0 Å². The first-order valence-corrected chi connectivity index (χ1v) is 10.6. The SMILES string of the molecule is CC.CC.Cc1ccc(-c2cccs2)[nH]1.Fc1ccc(-c2cccs2)[nH]1.